The number of amides is 1. The standard InChI is InChI=1S/C25H24N4O6S/c1-4-34-24(32)18-15(3)21(25(33)35-5-2)36-23(18)29-28-19(20(30)16-10-7-6-8-11-16)22(31)27-17-12-9-13-26-14-17/h6-14,30H,4-5H2,1-3H3,(H,27,31). The van der Waals surface area contributed by atoms with Crippen molar-refractivity contribution in [1.82, 2.24) is 4.98 Å². The second kappa shape index (κ2) is 12.4. The van der Waals surface area contributed by atoms with Crippen LogP contribution in [0.3, 0.4) is 0 Å². The Bertz CT molecular complexity index is 1300. The van der Waals surface area contributed by atoms with Crippen LogP contribution < -0.4 is 5.32 Å². The number of carbonyl (C=O) groups is 3. The van der Waals surface area contributed by atoms with Crippen LogP contribution in [0, 0.1) is 6.92 Å². The molecule has 0 saturated heterocycles. The molecule has 0 aliphatic rings. The third kappa shape index (κ3) is 6.19. The number of aliphatic hydroxyl groups is 1. The normalized spacial score (nSPS) is 11.6. The van der Waals surface area contributed by atoms with Crippen LogP contribution in [0.25, 0.3) is 5.76 Å². The van der Waals surface area contributed by atoms with E-state index in [1.54, 1.807) is 69.4 Å². The molecule has 186 valence electrons. The zero-order valence-electron chi connectivity index (χ0n) is 19.8. The van der Waals surface area contributed by atoms with Gasteiger partial charge in [-0.05, 0) is 38.5 Å². The van der Waals surface area contributed by atoms with Crippen LogP contribution in [0.1, 0.15) is 45.0 Å². The number of benzene rings is 1. The number of anilines is 1. The highest BCUT2D eigenvalue weighted by Crippen LogP contribution is 2.37. The predicted molar refractivity (Wildman–Crippen MR) is 134 cm³/mol. The molecule has 36 heavy (non-hydrogen) atoms. The highest BCUT2D eigenvalue weighted by atomic mass is 32.1. The minimum Gasteiger partial charge on any atom is -0.505 e. The molecule has 0 atom stereocenters. The summed E-state index contributed by atoms with van der Waals surface area (Å²) in [5.41, 5.74) is 0.639. The lowest BCUT2D eigenvalue weighted by atomic mass is 10.1. The second-order valence-electron chi connectivity index (χ2n) is 7.14. The Morgan fingerprint density at radius 1 is 1.03 bits per heavy atom. The van der Waals surface area contributed by atoms with Crippen LogP contribution >= 0.6 is 11.3 Å². The number of aliphatic hydroxyl groups excluding tert-OH is 1. The van der Waals surface area contributed by atoms with Crippen LogP contribution in [-0.4, -0.2) is 41.2 Å². The van der Waals surface area contributed by atoms with E-state index in [-0.39, 0.29) is 28.7 Å². The fraction of sp³-hybridized carbons (Fsp3) is 0.200. The Kier molecular flexibility index (Phi) is 9.01. The average molecular weight is 509 g/mol. The van der Waals surface area contributed by atoms with Crippen molar-refractivity contribution in [3.63, 3.8) is 0 Å². The van der Waals surface area contributed by atoms with E-state index in [0.29, 0.717) is 16.8 Å². The Balaban J connectivity index is 2.09. The molecule has 1 aromatic carbocycles. The maximum atomic E-state index is 13.1. The van der Waals surface area contributed by atoms with Gasteiger partial charge in [0.2, 0.25) is 0 Å². The number of aromatic nitrogens is 1. The Hall–Kier alpha value is -4.38. The van der Waals surface area contributed by atoms with Crippen LogP contribution in [0.4, 0.5) is 10.7 Å². The molecule has 10 nitrogen and oxygen atoms in total. The number of hydrogen-bond acceptors (Lipinski definition) is 10. The number of nitrogens with one attached hydrogen (secondary N) is 1. The summed E-state index contributed by atoms with van der Waals surface area (Å²) in [6.07, 6.45) is 2.98. The molecule has 0 radical (unpaired) electrons. The summed E-state index contributed by atoms with van der Waals surface area (Å²) in [4.78, 5) is 42.2. The number of thiophene rings is 1. The van der Waals surface area contributed by atoms with Gasteiger partial charge in [-0.25, -0.2) is 9.59 Å². The van der Waals surface area contributed by atoms with Crippen LogP contribution in [-0.2, 0) is 14.3 Å². The van der Waals surface area contributed by atoms with Gasteiger partial charge in [-0.3, -0.25) is 9.78 Å². The van der Waals surface area contributed by atoms with Crippen molar-refractivity contribution in [2.45, 2.75) is 20.8 Å². The number of ether oxygens (including phenoxy) is 2. The van der Waals surface area contributed by atoms with Crippen molar-refractivity contribution in [3.8, 4) is 0 Å². The van der Waals surface area contributed by atoms with E-state index in [4.69, 9.17) is 9.47 Å². The molecule has 0 unspecified atom stereocenters. The molecule has 0 fully saturated rings. The van der Waals surface area contributed by atoms with Crippen molar-refractivity contribution in [3.05, 3.63) is 82.1 Å². The lowest BCUT2D eigenvalue weighted by molar-refractivity contribution is -0.112. The van der Waals surface area contributed by atoms with Gasteiger partial charge >= 0.3 is 11.9 Å². The first kappa shape index (κ1) is 26.2. The third-order valence-electron chi connectivity index (χ3n) is 4.72. The number of azo groups is 1. The lowest BCUT2D eigenvalue weighted by Crippen LogP contribution is -2.15. The lowest BCUT2D eigenvalue weighted by Gasteiger charge is -2.08. The number of hydrogen-bond donors (Lipinski definition) is 2. The maximum Gasteiger partial charge on any atom is 0.348 e. The molecule has 0 spiro atoms. The summed E-state index contributed by atoms with van der Waals surface area (Å²) in [6, 6.07) is 11.6. The van der Waals surface area contributed by atoms with Gasteiger partial charge in [0, 0.05) is 11.8 Å². The SMILES string of the molecule is CCOC(=O)c1sc(N=NC(C(=O)Nc2cccnc2)=C(O)c2ccccc2)c(C(=O)OCC)c1C. The van der Waals surface area contributed by atoms with Crippen molar-refractivity contribution >= 4 is 45.6 Å². The number of nitrogens with zero attached hydrogens (tertiary/aromatic N) is 3. The van der Waals surface area contributed by atoms with Crippen LogP contribution in [0.2, 0.25) is 0 Å². The summed E-state index contributed by atoms with van der Waals surface area (Å²) < 4.78 is 10.2. The summed E-state index contributed by atoms with van der Waals surface area (Å²) in [5.74, 6) is -2.51. The quantitative estimate of drug-likeness (QED) is 0.169. The zero-order valence-corrected chi connectivity index (χ0v) is 20.7. The Labute approximate surface area is 211 Å². The highest BCUT2D eigenvalue weighted by molar-refractivity contribution is 7.18. The topological polar surface area (TPSA) is 140 Å². The Morgan fingerprint density at radius 3 is 2.36 bits per heavy atom. The molecule has 2 N–H and O–H groups in total. The van der Waals surface area contributed by atoms with Gasteiger partial charge in [-0.1, -0.05) is 30.3 Å². The summed E-state index contributed by atoms with van der Waals surface area (Å²) in [7, 11) is 0. The van der Waals surface area contributed by atoms with Gasteiger partial charge in [0.1, 0.15) is 10.4 Å². The smallest absolute Gasteiger partial charge is 0.348 e. The number of carbonyl (C=O) groups excluding carboxylic acids is 3. The molecular formula is C25H24N4O6S. The molecule has 3 aromatic rings. The van der Waals surface area contributed by atoms with E-state index in [1.807, 2.05) is 0 Å². The predicted octanol–water partition coefficient (Wildman–Crippen LogP) is 5.45. The molecule has 0 aliphatic carbocycles. The molecule has 2 heterocycles. The minimum absolute atomic E-state index is 0.0277. The molecule has 11 heteroatoms. The first-order valence-electron chi connectivity index (χ1n) is 11.0. The molecule has 1 amide bonds. The third-order valence-corrected chi connectivity index (χ3v) is 5.87. The average Bonchev–Trinajstić information content (AvgIpc) is 3.21. The van der Waals surface area contributed by atoms with E-state index >= 15 is 0 Å². The van der Waals surface area contributed by atoms with E-state index in [0.717, 1.165) is 11.3 Å². The second-order valence-corrected chi connectivity index (χ2v) is 8.14. The van der Waals surface area contributed by atoms with Crippen molar-refractivity contribution < 1.29 is 29.0 Å². The molecular weight excluding hydrogens is 484 g/mol. The number of pyridine rings is 1. The Morgan fingerprint density at radius 2 is 1.72 bits per heavy atom. The van der Waals surface area contributed by atoms with E-state index < -0.39 is 29.3 Å². The summed E-state index contributed by atoms with van der Waals surface area (Å²) >= 11 is 0.872. The zero-order chi connectivity index (χ0) is 26.1. The van der Waals surface area contributed by atoms with Gasteiger partial charge < -0.3 is 19.9 Å². The first-order chi connectivity index (χ1) is 17.4. The van der Waals surface area contributed by atoms with Crippen molar-refractivity contribution in [2.75, 3.05) is 18.5 Å². The highest BCUT2D eigenvalue weighted by Gasteiger charge is 2.27. The molecule has 2 aromatic heterocycles. The monoisotopic (exact) mass is 508 g/mol. The molecule has 0 saturated carbocycles. The maximum absolute atomic E-state index is 13.1. The van der Waals surface area contributed by atoms with Crippen molar-refractivity contribution in [2.24, 2.45) is 10.2 Å². The van der Waals surface area contributed by atoms with E-state index in [1.165, 1.54) is 6.20 Å². The van der Waals surface area contributed by atoms with Gasteiger partial charge in [0.05, 0.1) is 25.1 Å². The van der Waals surface area contributed by atoms with Gasteiger partial charge in [0.25, 0.3) is 5.91 Å². The first-order valence-corrected chi connectivity index (χ1v) is 11.8. The number of esters is 2. The summed E-state index contributed by atoms with van der Waals surface area (Å²) in [5, 5.41) is 21.6. The van der Waals surface area contributed by atoms with Gasteiger partial charge in [-0.2, -0.15) is 0 Å². The fourth-order valence-corrected chi connectivity index (χ4v) is 4.07. The number of rotatable bonds is 9. The minimum atomic E-state index is -0.760. The van der Waals surface area contributed by atoms with E-state index in [2.05, 4.69) is 20.5 Å². The fourth-order valence-electron chi connectivity index (χ4n) is 3.06. The molecule has 3 rings (SSSR count). The molecule has 0 aliphatic heterocycles. The van der Waals surface area contributed by atoms with Gasteiger partial charge in [0.15, 0.2) is 16.5 Å². The van der Waals surface area contributed by atoms with Crippen LogP contribution in [0.15, 0.2) is 70.8 Å². The van der Waals surface area contributed by atoms with E-state index in [9.17, 15) is 19.5 Å². The largest absolute Gasteiger partial charge is 0.505 e. The van der Waals surface area contributed by atoms with Crippen LogP contribution in [0.5, 0.6) is 0 Å². The van der Waals surface area contributed by atoms with Gasteiger partial charge in [-0.15, -0.1) is 21.6 Å². The van der Waals surface area contributed by atoms with Crippen molar-refractivity contribution in [1.29, 1.82) is 0 Å². The summed E-state index contributed by atoms with van der Waals surface area (Å²) in [6.45, 7) is 5.13. The molecule has 0 bridgehead atoms.